The van der Waals surface area contributed by atoms with Crippen LogP contribution in [0.5, 0.6) is 0 Å². The molecule has 0 aliphatic carbocycles. The van der Waals surface area contributed by atoms with E-state index in [-0.39, 0.29) is 0 Å². The van der Waals surface area contributed by atoms with Crippen molar-refractivity contribution < 1.29 is 20.7 Å². The molecule has 0 amide bonds. The Morgan fingerprint density at radius 2 is 0.725 bits per heavy atom. The molecule has 0 fully saturated rings. The van der Waals surface area contributed by atoms with Gasteiger partial charge in [-0.15, -0.1) is 5.46 Å². The standard InChI is InChI=1S/2C16H35N.C14H21BO2/c2*1-15(2)11-7-5-9-13-17-14-10-6-8-12-16(3)4;1-3-5-7-12-9-13(8-6-4-2)11-14(10-12)15(16)17/h2*15-17H,5-14H2,1-4H3;9-11H,3-8H2,1-2H3/q;;-2/p+2. The topological polar surface area (TPSA) is 79.3 Å². The van der Waals surface area contributed by atoms with Crippen LogP contribution in [0, 0.1) is 23.7 Å². The summed E-state index contributed by atoms with van der Waals surface area (Å²) in [4.78, 5) is 0. The lowest BCUT2D eigenvalue weighted by atomic mass is 9.78. The number of quaternary nitrogens is 2. The normalized spacial score (nSPS) is 11.3. The zero-order valence-electron chi connectivity index (χ0n) is 36.5. The molecule has 0 aliphatic rings. The van der Waals surface area contributed by atoms with Gasteiger partial charge in [-0.1, -0.05) is 159 Å². The monoisotopic (exact) mass is 717 g/mol. The Labute approximate surface area is 322 Å². The highest BCUT2D eigenvalue weighted by molar-refractivity contribution is 6.55. The van der Waals surface area contributed by atoms with Gasteiger partial charge < -0.3 is 20.7 Å². The first kappa shape index (κ1) is 52.2. The van der Waals surface area contributed by atoms with Gasteiger partial charge in [0.2, 0.25) is 0 Å². The number of aryl methyl sites for hydroxylation is 2. The van der Waals surface area contributed by atoms with Crippen molar-refractivity contribution in [2.24, 2.45) is 23.7 Å². The van der Waals surface area contributed by atoms with Crippen molar-refractivity contribution in [3.05, 3.63) is 29.3 Å². The highest BCUT2D eigenvalue weighted by Gasteiger charge is 2.01. The van der Waals surface area contributed by atoms with Gasteiger partial charge in [-0.05, 0) is 112 Å². The Bertz CT molecular complexity index is 735. The van der Waals surface area contributed by atoms with Crippen molar-refractivity contribution in [3.63, 3.8) is 0 Å². The molecule has 0 saturated carbocycles. The summed E-state index contributed by atoms with van der Waals surface area (Å²) >= 11 is 0. The molecule has 51 heavy (non-hydrogen) atoms. The van der Waals surface area contributed by atoms with Crippen molar-refractivity contribution in [1.82, 2.24) is 0 Å². The van der Waals surface area contributed by atoms with Gasteiger partial charge in [-0.3, -0.25) is 0 Å². The van der Waals surface area contributed by atoms with Gasteiger partial charge in [0.15, 0.2) is 0 Å². The average Bonchev–Trinajstić information content (AvgIpc) is 3.07. The SMILES string of the molecule is CC(C)CCCCC[NH2+]CCCCCC(C)C.CC(C)CCCCC[NH2+]CCCCCC(C)C.CCCCc1cc(CCCC)cc(B([O-])[O-])c1. The fraction of sp³-hybridized carbons (Fsp3) is 0.870. The smallest absolute Gasteiger partial charge is 0.0755 e. The van der Waals surface area contributed by atoms with Crippen LogP contribution in [0.1, 0.15) is 209 Å². The lowest BCUT2D eigenvalue weighted by molar-refractivity contribution is -0.655. The minimum Gasteiger partial charge on any atom is -0.889 e. The molecule has 302 valence electrons. The fourth-order valence-electron chi connectivity index (χ4n) is 6.34. The minimum atomic E-state index is -1.85. The van der Waals surface area contributed by atoms with Crippen LogP contribution in [0.15, 0.2) is 18.2 Å². The molecule has 1 aromatic carbocycles. The maximum absolute atomic E-state index is 11.0. The minimum absolute atomic E-state index is 0.407. The Kier molecular flexibility index (Phi) is 39.8. The van der Waals surface area contributed by atoms with E-state index in [2.05, 4.69) is 85.9 Å². The van der Waals surface area contributed by atoms with Crippen LogP contribution in [0.3, 0.4) is 0 Å². The number of nitrogens with two attached hydrogens (primary N) is 2. The molecule has 0 heterocycles. The van der Waals surface area contributed by atoms with E-state index in [1.165, 1.54) is 129 Å². The average molecular weight is 717 g/mol. The highest BCUT2D eigenvalue weighted by Crippen LogP contribution is 2.11. The van der Waals surface area contributed by atoms with Crippen molar-refractivity contribution in [1.29, 1.82) is 0 Å². The van der Waals surface area contributed by atoms with Crippen LogP contribution < -0.4 is 26.1 Å². The largest absolute Gasteiger partial charge is 0.889 e. The van der Waals surface area contributed by atoms with Crippen molar-refractivity contribution >= 4 is 12.6 Å². The Morgan fingerprint density at radius 3 is 0.961 bits per heavy atom. The molecule has 0 atom stereocenters. The molecule has 0 aliphatic heterocycles. The molecule has 4 N–H and O–H groups in total. The third-order valence-corrected chi connectivity index (χ3v) is 9.74. The lowest BCUT2D eigenvalue weighted by Gasteiger charge is -2.28. The van der Waals surface area contributed by atoms with E-state index in [0.29, 0.717) is 5.46 Å². The molecule has 0 radical (unpaired) electrons. The number of rotatable bonds is 31. The maximum atomic E-state index is 11.0. The van der Waals surface area contributed by atoms with Crippen LogP contribution in [-0.2, 0) is 12.8 Å². The fourth-order valence-corrected chi connectivity index (χ4v) is 6.34. The van der Waals surface area contributed by atoms with Gasteiger partial charge in [-0.25, -0.2) is 0 Å². The summed E-state index contributed by atoms with van der Waals surface area (Å²) in [5.74, 6) is 3.56. The van der Waals surface area contributed by atoms with E-state index < -0.39 is 7.12 Å². The van der Waals surface area contributed by atoms with Gasteiger partial charge in [0.1, 0.15) is 0 Å². The quantitative estimate of drug-likeness (QED) is 0.0596. The van der Waals surface area contributed by atoms with Gasteiger partial charge in [0.25, 0.3) is 0 Å². The Morgan fingerprint density at radius 1 is 0.431 bits per heavy atom. The number of hydrogen-bond donors (Lipinski definition) is 2. The molecule has 4 nitrogen and oxygen atoms in total. The Balaban J connectivity index is 0. The number of unbranched alkanes of at least 4 members (excludes halogenated alkanes) is 10. The van der Waals surface area contributed by atoms with Crippen molar-refractivity contribution in [3.8, 4) is 0 Å². The van der Waals surface area contributed by atoms with E-state index in [4.69, 9.17) is 0 Å². The first-order valence-electron chi connectivity index (χ1n) is 22.5. The first-order valence-corrected chi connectivity index (χ1v) is 22.5. The molecule has 5 heteroatoms. The molecule has 0 saturated heterocycles. The number of benzene rings is 1. The van der Waals surface area contributed by atoms with Crippen LogP contribution >= 0.6 is 0 Å². The van der Waals surface area contributed by atoms with Gasteiger partial charge in [0, 0.05) is 0 Å². The molecule has 0 spiro atoms. The summed E-state index contributed by atoms with van der Waals surface area (Å²) in [5.41, 5.74) is 2.70. The van der Waals surface area contributed by atoms with Crippen molar-refractivity contribution in [2.45, 2.75) is 210 Å². The van der Waals surface area contributed by atoms with E-state index >= 15 is 0 Å². The van der Waals surface area contributed by atoms with E-state index in [1.807, 2.05) is 0 Å². The van der Waals surface area contributed by atoms with Crippen LogP contribution in [0.4, 0.5) is 0 Å². The second kappa shape index (κ2) is 38.8. The molecule has 0 bridgehead atoms. The second-order valence-corrected chi connectivity index (χ2v) is 17.3. The predicted octanol–water partition coefficient (Wildman–Crippen LogP) is 8.75. The molecular formula is C46H93BN2O2. The molecule has 1 rings (SSSR count). The third-order valence-electron chi connectivity index (χ3n) is 9.74. The number of hydrogen-bond acceptors (Lipinski definition) is 2. The highest BCUT2D eigenvalue weighted by atomic mass is 16.4. The molecule has 0 unspecified atom stereocenters. The summed E-state index contributed by atoms with van der Waals surface area (Å²) in [6.45, 7) is 28.3. The van der Waals surface area contributed by atoms with E-state index in [9.17, 15) is 10.0 Å². The zero-order valence-corrected chi connectivity index (χ0v) is 36.5. The van der Waals surface area contributed by atoms with Gasteiger partial charge >= 0.3 is 0 Å². The van der Waals surface area contributed by atoms with Crippen LogP contribution in [-0.4, -0.2) is 33.3 Å². The van der Waals surface area contributed by atoms with Gasteiger partial charge in [-0.2, -0.15) is 0 Å². The maximum Gasteiger partial charge on any atom is 0.0755 e. The molecule has 0 aromatic heterocycles. The van der Waals surface area contributed by atoms with E-state index in [0.717, 1.165) is 73.3 Å². The van der Waals surface area contributed by atoms with Crippen LogP contribution in [0.25, 0.3) is 0 Å². The summed E-state index contributed by atoms with van der Waals surface area (Å²) in [7, 11) is -1.85. The summed E-state index contributed by atoms with van der Waals surface area (Å²) in [6, 6.07) is 5.72. The zero-order chi connectivity index (χ0) is 38.5. The molecule has 1 aromatic rings. The Hall–Kier alpha value is -0.875. The molecular weight excluding hydrogens is 623 g/mol. The summed E-state index contributed by atoms with van der Waals surface area (Å²) < 4.78 is 0. The lowest BCUT2D eigenvalue weighted by Crippen LogP contribution is -2.84. The predicted molar refractivity (Wildman–Crippen MR) is 226 cm³/mol. The first-order chi connectivity index (χ1) is 24.4. The third kappa shape index (κ3) is 41.7. The van der Waals surface area contributed by atoms with Crippen LogP contribution in [0.2, 0.25) is 0 Å². The van der Waals surface area contributed by atoms with Gasteiger partial charge in [0.05, 0.1) is 26.2 Å². The summed E-state index contributed by atoms with van der Waals surface area (Å²) in [6.07, 6.45) is 29.2. The summed E-state index contributed by atoms with van der Waals surface area (Å²) in [5, 5.41) is 27.1. The second-order valence-electron chi connectivity index (χ2n) is 17.3. The van der Waals surface area contributed by atoms with E-state index in [1.54, 1.807) is 12.1 Å². The van der Waals surface area contributed by atoms with Crippen molar-refractivity contribution in [2.75, 3.05) is 26.2 Å².